The first-order valence-corrected chi connectivity index (χ1v) is 8.90. The molecule has 9 heteroatoms. The second-order valence-corrected chi connectivity index (χ2v) is 8.05. The van der Waals surface area contributed by atoms with E-state index in [1.54, 1.807) is 18.2 Å². The molecule has 1 aliphatic heterocycles. The van der Waals surface area contributed by atoms with Crippen LogP contribution in [0.3, 0.4) is 0 Å². The molecule has 1 aromatic carbocycles. The van der Waals surface area contributed by atoms with Gasteiger partial charge in [-0.3, -0.25) is 0 Å². The van der Waals surface area contributed by atoms with E-state index in [9.17, 15) is 12.8 Å². The minimum absolute atomic E-state index is 0. The first-order chi connectivity index (χ1) is 9.81. The van der Waals surface area contributed by atoms with E-state index in [0.29, 0.717) is 29.4 Å². The summed E-state index contributed by atoms with van der Waals surface area (Å²) in [5.41, 5.74) is 0.567. The summed E-state index contributed by atoms with van der Waals surface area (Å²) in [6.45, 7) is 0.709. The van der Waals surface area contributed by atoms with Gasteiger partial charge in [0.2, 0.25) is 0 Å². The van der Waals surface area contributed by atoms with Gasteiger partial charge in [-0.25, -0.2) is 4.39 Å². The van der Waals surface area contributed by atoms with Crippen molar-refractivity contribution in [1.82, 2.24) is 14.3 Å². The van der Waals surface area contributed by atoms with Crippen molar-refractivity contribution in [1.29, 1.82) is 0 Å². The lowest BCUT2D eigenvalue weighted by atomic mass is 10.0. The van der Waals surface area contributed by atoms with Crippen LogP contribution in [0.1, 0.15) is 12.0 Å². The molecule has 0 aromatic heterocycles. The fourth-order valence-electron chi connectivity index (χ4n) is 2.36. The zero-order chi connectivity index (χ0) is 15.6. The predicted octanol–water partition coefficient (Wildman–Crippen LogP) is 1.68. The maximum absolute atomic E-state index is 14.0. The second kappa shape index (κ2) is 8.03. The van der Waals surface area contributed by atoms with Crippen molar-refractivity contribution in [2.75, 3.05) is 20.6 Å². The van der Waals surface area contributed by atoms with Gasteiger partial charge in [0.1, 0.15) is 5.82 Å². The Morgan fingerprint density at radius 3 is 2.77 bits per heavy atom. The summed E-state index contributed by atoms with van der Waals surface area (Å²) >= 11 is 3.16. The number of halogens is 3. The minimum Gasteiger partial charge on any atom is -0.312 e. The van der Waals surface area contributed by atoms with Crippen molar-refractivity contribution < 1.29 is 12.8 Å². The zero-order valence-corrected chi connectivity index (χ0v) is 15.6. The molecule has 1 aromatic rings. The van der Waals surface area contributed by atoms with Gasteiger partial charge in [0.05, 0.1) is 4.47 Å². The fourth-order valence-corrected chi connectivity index (χ4v) is 3.65. The van der Waals surface area contributed by atoms with Gasteiger partial charge in [0.15, 0.2) is 0 Å². The van der Waals surface area contributed by atoms with Crippen molar-refractivity contribution in [2.45, 2.75) is 24.9 Å². The van der Waals surface area contributed by atoms with E-state index in [4.69, 9.17) is 0 Å². The van der Waals surface area contributed by atoms with Crippen molar-refractivity contribution in [3.05, 3.63) is 34.1 Å². The van der Waals surface area contributed by atoms with E-state index >= 15 is 0 Å². The van der Waals surface area contributed by atoms with Crippen molar-refractivity contribution >= 4 is 38.5 Å². The molecule has 0 radical (unpaired) electrons. The van der Waals surface area contributed by atoms with Gasteiger partial charge in [-0.05, 0) is 46.9 Å². The highest BCUT2D eigenvalue weighted by molar-refractivity contribution is 9.10. The van der Waals surface area contributed by atoms with Crippen LogP contribution >= 0.6 is 28.3 Å². The van der Waals surface area contributed by atoms with E-state index in [0.717, 1.165) is 4.31 Å². The number of nitrogens with one attached hydrogen (secondary N) is 2. The van der Waals surface area contributed by atoms with Crippen LogP contribution < -0.4 is 10.0 Å². The predicted molar refractivity (Wildman–Crippen MR) is 91.0 cm³/mol. The Kier molecular flexibility index (Phi) is 7.22. The number of benzene rings is 1. The Labute approximate surface area is 145 Å². The maximum Gasteiger partial charge on any atom is 0.279 e. The maximum atomic E-state index is 14.0. The average Bonchev–Trinajstić information content (AvgIpc) is 2.81. The highest BCUT2D eigenvalue weighted by Crippen LogP contribution is 2.22. The molecule has 1 fully saturated rings. The third-order valence-electron chi connectivity index (χ3n) is 3.60. The number of rotatable bonds is 5. The molecule has 0 bridgehead atoms. The number of hydrogen-bond donors (Lipinski definition) is 2. The summed E-state index contributed by atoms with van der Waals surface area (Å²) in [6.07, 6.45) is 1.12. The quantitative estimate of drug-likeness (QED) is 0.768. The van der Waals surface area contributed by atoms with Crippen molar-refractivity contribution in [3.8, 4) is 0 Å². The second-order valence-electron chi connectivity index (χ2n) is 5.28. The molecule has 0 unspecified atom stereocenters. The van der Waals surface area contributed by atoms with Crippen LogP contribution in [0.25, 0.3) is 0 Å². The molecule has 1 saturated heterocycles. The number of hydrogen-bond acceptors (Lipinski definition) is 3. The van der Waals surface area contributed by atoms with E-state index in [2.05, 4.69) is 26.0 Å². The van der Waals surface area contributed by atoms with Crippen LogP contribution in [0.2, 0.25) is 0 Å². The zero-order valence-electron chi connectivity index (χ0n) is 12.3. The van der Waals surface area contributed by atoms with Crippen LogP contribution in [-0.4, -0.2) is 45.4 Å². The summed E-state index contributed by atoms with van der Waals surface area (Å²) in [6, 6.07) is 4.78. The molecular weight excluding hydrogens is 397 g/mol. The Morgan fingerprint density at radius 1 is 1.45 bits per heavy atom. The summed E-state index contributed by atoms with van der Waals surface area (Å²) in [7, 11) is -0.525. The van der Waals surface area contributed by atoms with Crippen LogP contribution in [0.5, 0.6) is 0 Å². The summed E-state index contributed by atoms with van der Waals surface area (Å²) in [5.74, 6) is -0.291. The van der Waals surface area contributed by atoms with E-state index < -0.39 is 10.2 Å². The molecule has 0 saturated carbocycles. The van der Waals surface area contributed by atoms with E-state index in [-0.39, 0.29) is 30.3 Å². The molecule has 0 spiro atoms. The normalized spacial score (nSPS) is 21.9. The Hall–Kier alpha value is -0.250. The molecule has 22 heavy (non-hydrogen) atoms. The molecule has 2 rings (SSSR count). The first kappa shape index (κ1) is 19.8. The molecular formula is C13H20BrClFN3O2S. The molecule has 2 N–H and O–H groups in total. The van der Waals surface area contributed by atoms with Crippen LogP contribution in [0, 0.1) is 5.82 Å². The summed E-state index contributed by atoms with van der Waals surface area (Å²) in [4.78, 5) is 0. The molecule has 5 nitrogen and oxygen atoms in total. The Morgan fingerprint density at radius 2 is 2.14 bits per heavy atom. The van der Waals surface area contributed by atoms with Gasteiger partial charge in [-0.2, -0.15) is 17.4 Å². The lowest BCUT2D eigenvalue weighted by molar-refractivity contribution is 0.454. The Bertz CT molecular complexity index is 615. The standard InChI is InChI=1S/C13H19BrFN3O2S.ClH/c1-18(2)21(19,20)17-11-6-7-16-12(11)8-9-4-3-5-10(14)13(9)15;/h3-5,11-12,16-17H,6-8H2,1-2H3;1H/t11-,12-;/m0./s1. The molecule has 126 valence electrons. The number of nitrogens with zero attached hydrogens (tertiary/aromatic N) is 1. The van der Waals surface area contributed by atoms with Crippen LogP contribution in [0.4, 0.5) is 4.39 Å². The monoisotopic (exact) mass is 415 g/mol. The molecule has 1 aliphatic rings. The van der Waals surface area contributed by atoms with Gasteiger partial charge in [0, 0.05) is 26.2 Å². The van der Waals surface area contributed by atoms with Gasteiger partial charge in [-0.1, -0.05) is 12.1 Å². The highest BCUT2D eigenvalue weighted by atomic mass is 79.9. The van der Waals surface area contributed by atoms with Crippen LogP contribution in [-0.2, 0) is 16.6 Å². The lowest BCUT2D eigenvalue weighted by Gasteiger charge is -2.23. The summed E-state index contributed by atoms with van der Waals surface area (Å²) in [5, 5.41) is 3.24. The van der Waals surface area contributed by atoms with Gasteiger partial charge < -0.3 is 5.32 Å². The SMILES string of the molecule is CN(C)S(=O)(=O)N[C@H]1CCN[C@H]1Cc1cccc(Br)c1F.Cl. The van der Waals surface area contributed by atoms with Crippen molar-refractivity contribution in [3.63, 3.8) is 0 Å². The van der Waals surface area contributed by atoms with Crippen molar-refractivity contribution in [2.24, 2.45) is 0 Å². The Balaban J connectivity index is 0.00000242. The minimum atomic E-state index is -3.48. The molecule has 0 amide bonds. The first-order valence-electron chi connectivity index (χ1n) is 6.67. The molecule has 1 heterocycles. The average molecular weight is 417 g/mol. The van der Waals surface area contributed by atoms with Gasteiger partial charge in [-0.15, -0.1) is 12.4 Å². The summed E-state index contributed by atoms with van der Waals surface area (Å²) < 4.78 is 42.1. The third-order valence-corrected chi connectivity index (χ3v) is 5.77. The largest absolute Gasteiger partial charge is 0.312 e. The van der Waals surface area contributed by atoms with E-state index in [1.165, 1.54) is 14.1 Å². The van der Waals surface area contributed by atoms with Gasteiger partial charge in [0.25, 0.3) is 10.2 Å². The third kappa shape index (κ3) is 4.62. The lowest BCUT2D eigenvalue weighted by Crippen LogP contribution is -2.48. The highest BCUT2D eigenvalue weighted by Gasteiger charge is 2.31. The molecule has 0 aliphatic carbocycles. The van der Waals surface area contributed by atoms with Gasteiger partial charge >= 0.3 is 0 Å². The topological polar surface area (TPSA) is 61.4 Å². The smallest absolute Gasteiger partial charge is 0.279 e. The molecule has 2 atom stereocenters. The van der Waals surface area contributed by atoms with Crippen LogP contribution in [0.15, 0.2) is 22.7 Å². The van der Waals surface area contributed by atoms with E-state index in [1.807, 2.05) is 0 Å². The fraction of sp³-hybridized carbons (Fsp3) is 0.538.